The number of carbonyl (C=O) groups excluding carboxylic acids is 1. The standard InChI is InChI=1S/C12H11BrClN3OS/c13-10-3-1-8(5-11(10)14)2-4-12(18)15-6-9-7-16-19-17-9/h1,3,5,7H,2,4,6H2,(H,15,18). The molecule has 1 aromatic heterocycles. The second kappa shape index (κ2) is 6.98. The number of aromatic nitrogens is 2. The number of hydrogen-bond acceptors (Lipinski definition) is 4. The molecule has 0 radical (unpaired) electrons. The van der Waals surface area contributed by atoms with E-state index in [-0.39, 0.29) is 5.91 Å². The third-order valence-electron chi connectivity index (χ3n) is 2.50. The van der Waals surface area contributed by atoms with E-state index in [0.717, 1.165) is 27.5 Å². The van der Waals surface area contributed by atoms with E-state index in [2.05, 4.69) is 30.0 Å². The van der Waals surface area contributed by atoms with Gasteiger partial charge in [0.1, 0.15) is 0 Å². The summed E-state index contributed by atoms with van der Waals surface area (Å²) < 4.78 is 8.75. The maximum absolute atomic E-state index is 11.7. The summed E-state index contributed by atoms with van der Waals surface area (Å²) in [4.78, 5) is 11.7. The first-order valence-corrected chi connectivity index (χ1v) is 7.52. The normalized spacial score (nSPS) is 10.4. The Hall–Kier alpha value is -0.980. The summed E-state index contributed by atoms with van der Waals surface area (Å²) in [7, 11) is 0. The summed E-state index contributed by atoms with van der Waals surface area (Å²) in [5.74, 6) is -0.00737. The van der Waals surface area contributed by atoms with E-state index in [0.29, 0.717) is 24.4 Å². The van der Waals surface area contributed by atoms with Crippen LogP contribution in [0, 0.1) is 0 Å². The molecule has 2 aromatic rings. The monoisotopic (exact) mass is 359 g/mol. The van der Waals surface area contributed by atoms with E-state index in [4.69, 9.17) is 11.6 Å². The van der Waals surface area contributed by atoms with Gasteiger partial charge in [-0.05, 0) is 40.0 Å². The summed E-state index contributed by atoms with van der Waals surface area (Å²) in [5, 5.41) is 3.46. The van der Waals surface area contributed by atoms with Crippen LogP contribution in [0.25, 0.3) is 0 Å². The van der Waals surface area contributed by atoms with Crippen LogP contribution in [-0.4, -0.2) is 14.7 Å². The number of nitrogens with zero attached hydrogens (tertiary/aromatic N) is 2. The van der Waals surface area contributed by atoms with E-state index < -0.39 is 0 Å². The molecule has 2 rings (SSSR count). The molecule has 1 N–H and O–H groups in total. The molecular formula is C12H11BrClN3OS. The Morgan fingerprint density at radius 1 is 1.47 bits per heavy atom. The van der Waals surface area contributed by atoms with Gasteiger partial charge in [0.2, 0.25) is 5.91 Å². The molecule has 0 spiro atoms. The highest BCUT2D eigenvalue weighted by atomic mass is 79.9. The average Bonchev–Trinajstić information content (AvgIpc) is 2.91. The molecule has 19 heavy (non-hydrogen) atoms. The molecule has 0 aliphatic carbocycles. The Kier molecular flexibility index (Phi) is 5.30. The second-order valence-electron chi connectivity index (χ2n) is 3.92. The number of halogens is 2. The molecule has 0 aliphatic heterocycles. The first-order valence-electron chi connectivity index (χ1n) is 5.62. The highest BCUT2D eigenvalue weighted by Crippen LogP contribution is 2.23. The minimum Gasteiger partial charge on any atom is -0.350 e. The zero-order valence-electron chi connectivity index (χ0n) is 9.90. The topological polar surface area (TPSA) is 54.9 Å². The van der Waals surface area contributed by atoms with Gasteiger partial charge >= 0.3 is 0 Å². The van der Waals surface area contributed by atoms with Gasteiger partial charge in [0.05, 0.1) is 35.2 Å². The summed E-state index contributed by atoms with van der Waals surface area (Å²) >= 11 is 10.5. The molecule has 7 heteroatoms. The fourth-order valence-electron chi connectivity index (χ4n) is 1.49. The van der Waals surface area contributed by atoms with Gasteiger partial charge in [0.15, 0.2) is 0 Å². The summed E-state index contributed by atoms with van der Waals surface area (Å²) in [6.45, 7) is 0.427. The van der Waals surface area contributed by atoms with Gasteiger partial charge in [-0.3, -0.25) is 4.79 Å². The van der Waals surface area contributed by atoms with Crippen molar-refractivity contribution in [3.8, 4) is 0 Å². The Bertz CT molecular complexity index is 562. The van der Waals surface area contributed by atoms with Gasteiger partial charge in [-0.15, -0.1) is 0 Å². The van der Waals surface area contributed by atoms with Gasteiger partial charge in [-0.1, -0.05) is 17.7 Å². The Balaban J connectivity index is 1.78. The van der Waals surface area contributed by atoms with Gasteiger partial charge in [0.25, 0.3) is 0 Å². The zero-order valence-corrected chi connectivity index (χ0v) is 13.1. The van der Waals surface area contributed by atoms with Crippen molar-refractivity contribution in [3.05, 3.63) is 45.1 Å². The van der Waals surface area contributed by atoms with Gasteiger partial charge in [-0.2, -0.15) is 8.75 Å². The maximum Gasteiger partial charge on any atom is 0.220 e. The number of rotatable bonds is 5. The third kappa shape index (κ3) is 4.56. The van der Waals surface area contributed by atoms with E-state index >= 15 is 0 Å². The quantitative estimate of drug-likeness (QED) is 0.891. The lowest BCUT2D eigenvalue weighted by atomic mass is 10.1. The highest BCUT2D eigenvalue weighted by molar-refractivity contribution is 9.10. The highest BCUT2D eigenvalue weighted by Gasteiger charge is 2.05. The lowest BCUT2D eigenvalue weighted by Gasteiger charge is -2.04. The Morgan fingerprint density at radius 2 is 2.32 bits per heavy atom. The lowest BCUT2D eigenvalue weighted by molar-refractivity contribution is -0.121. The summed E-state index contributed by atoms with van der Waals surface area (Å²) in [6.07, 6.45) is 2.74. The van der Waals surface area contributed by atoms with E-state index in [1.54, 1.807) is 6.20 Å². The number of carbonyl (C=O) groups is 1. The number of aryl methyl sites for hydroxylation is 1. The lowest BCUT2D eigenvalue weighted by Crippen LogP contribution is -2.23. The predicted molar refractivity (Wildman–Crippen MR) is 79.2 cm³/mol. The SMILES string of the molecule is O=C(CCc1ccc(Br)c(Cl)c1)NCc1cnsn1. The van der Waals surface area contributed by atoms with Crippen molar-refractivity contribution < 1.29 is 4.79 Å². The van der Waals surface area contributed by atoms with Crippen molar-refractivity contribution in [1.82, 2.24) is 14.1 Å². The number of hydrogen-bond donors (Lipinski definition) is 1. The fraction of sp³-hybridized carbons (Fsp3) is 0.250. The molecule has 4 nitrogen and oxygen atoms in total. The molecule has 0 saturated heterocycles. The fourth-order valence-corrected chi connectivity index (χ4v) is 2.37. The van der Waals surface area contributed by atoms with E-state index in [1.165, 1.54) is 0 Å². The van der Waals surface area contributed by atoms with Gasteiger partial charge in [-0.25, -0.2) is 0 Å². The molecule has 0 bridgehead atoms. The van der Waals surface area contributed by atoms with Crippen molar-refractivity contribution in [2.45, 2.75) is 19.4 Å². The summed E-state index contributed by atoms with van der Waals surface area (Å²) in [6, 6.07) is 5.70. The number of nitrogens with one attached hydrogen (secondary N) is 1. The largest absolute Gasteiger partial charge is 0.350 e. The van der Waals surface area contributed by atoms with Crippen molar-refractivity contribution >= 4 is 45.2 Å². The van der Waals surface area contributed by atoms with Crippen LogP contribution in [-0.2, 0) is 17.8 Å². The zero-order chi connectivity index (χ0) is 13.7. The smallest absolute Gasteiger partial charge is 0.220 e. The summed E-state index contributed by atoms with van der Waals surface area (Å²) in [5.41, 5.74) is 1.82. The molecule has 1 aromatic carbocycles. The van der Waals surface area contributed by atoms with Crippen LogP contribution < -0.4 is 5.32 Å². The molecular weight excluding hydrogens is 350 g/mol. The van der Waals surface area contributed by atoms with Gasteiger partial charge < -0.3 is 5.32 Å². The average molecular weight is 361 g/mol. The van der Waals surface area contributed by atoms with Crippen LogP contribution in [0.15, 0.2) is 28.9 Å². The Morgan fingerprint density at radius 3 is 3.00 bits per heavy atom. The molecule has 100 valence electrons. The molecule has 0 atom stereocenters. The van der Waals surface area contributed by atoms with Crippen molar-refractivity contribution in [2.24, 2.45) is 0 Å². The van der Waals surface area contributed by atoms with E-state index in [9.17, 15) is 4.79 Å². The van der Waals surface area contributed by atoms with Gasteiger partial charge in [0, 0.05) is 10.9 Å². The van der Waals surface area contributed by atoms with Crippen LogP contribution in [0.3, 0.4) is 0 Å². The van der Waals surface area contributed by atoms with Crippen LogP contribution >= 0.6 is 39.3 Å². The molecule has 0 saturated carbocycles. The van der Waals surface area contributed by atoms with Crippen LogP contribution in [0.4, 0.5) is 0 Å². The number of amides is 1. The molecule has 0 aliphatic rings. The predicted octanol–water partition coefficient (Wildman–Crippen LogP) is 3.20. The second-order valence-corrected chi connectivity index (χ2v) is 5.74. The van der Waals surface area contributed by atoms with Crippen LogP contribution in [0.1, 0.15) is 17.7 Å². The van der Waals surface area contributed by atoms with Crippen molar-refractivity contribution in [1.29, 1.82) is 0 Å². The molecule has 0 unspecified atom stereocenters. The van der Waals surface area contributed by atoms with Crippen LogP contribution in [0.2, 0.25) is 5.02 Å². The molecule has 1 amide bonds. The minimum absolute atomic E-state index is 0.00737. The minimum atomic E-state index is -0.00737. The van der Waals surface area contributed by atoms with Crippen LogP contribution in [0.5, 0.6) is 0 Å². The maximum atomic E-state index is 11.7. The third-order valence-corrected chi connectivity index (χ3v) is 4.25. The number of benzene rings is 1. The first-order chi connectivity index (χ1) is 9.15. The first kappa shape index (κ1) is 14.4. The molecule has 1 heterocycles. The Labute approximate surface area is 128 Å². The van der Waals surface area contributed by atoms with Crippen molar-refractivity contribution in [2.75, 3.05) is 0 Å². The van der Waals surface area contributed by atoms with E-state index in [1.807, 2.05) is 18.2 Å². The van der Waals surface area contributed by atoms with Crippen molar-refractivity contribution in [3.63, 3.8) is 0 Å². The molecule has 0 fully saturated rings.